The van der Waals surface area contributed by atoms with Gasteiger partial charge in [-0.15, -0.1) is 0 Å². The van der Waals surface area contributed by atoms with Crippen LogP contribution in [0.1, 0.15) is 0 Å². The molecule has 0 saturated heterocycles. The van der Waals surface area contributed by atoms with Crippen molar-refractivity contribution < 1.29 is 13.2 Å². The number of nitrogens with one attached hydrogen (secondary N) is 1. The van der Waals surface area contributed by atoms with Crippen molar-refractivity contribution in [2.45, 2.75) is 4.90 Å². The van der Waals surface area contributed by atoms with Crippen molar-refractivity contribution in [3.05, 3.63) is 24.3 Å². The number of hydrogen-bond acceptors (Lipinski definition) is 4. The molecule has 0 unspecified atom stereocenters. The van der Waals surface area contributed by atoms with Gasteiger partial charge in [-0.3, -0.25) is 0 Å². The highest BCUT2D eigenvalue weighted by Gasteiger charge is 2.07. The molecule has 15 heavy (non-hydrogen) atoms. The lowest BCUT2D eigenvalue weighted by atomic mass is 10.3. The van der Waals surface area contributed by atoms with Crippen LogP contribution in [0.5, 0.6) is 5.75 Å². The summed E-state index contributed by atoms with van der Waals surface area (Å²) in [5, 5.41) is 2.94. The van der Waals surface area contributed by atoms with Crippen molar-refractivity contribution >= 4 is 9.84 Å². The topological polar surface area (TPSA) is 55.4 Å². The zero-order chi connectivity index (χ0) is 11.3. The van der Waals surface area contributed by atoms with Crippen LogP contribution in [0, 0.1) is 0 Å². The van der Waals surface area contributed by atoms with Crippen molar-refractivity contribution in [2.24, 2.45) is 0 Å². The minimum Gasteiger partial charge on any atom is -0.492 e. The van der Waals surface area contributed by atoms with Gasteiger partial charge in [-0.2, -0.15) is 0 Å². The first-order chi connectivity index (χ1) is 7.04. The fourth-order valence-corrected chi connectivity index (χ4v) is 1.72. The van der Waals surface area contributed by atoms with Crippen LogP contribution < -0.4 is 10.1 Å². The molecule has 4 nitrogen and oxygen atoms in total. The van der Waals surface area contributed by atoms with Gasteiger partial charge >= 0.3 is 0 Å². The van der Waals surface area contributed by atoms with Gasteiger partial charge in [0.25, 0.3) is 0 Å². The summed E-state index contributed by atoms with van der Waals surface area (Å²) in [5.41, 5.74) is 0. The Morgan fingerprint density at radius 3 is 2.73 bits per heavy atom. The highest BCUT2D eigenvalue weighted by atomic mass is 32.2. The van der Waals surface area contributed by atoms with Gasteiger partial charge < -0.3 is 10.1 Å². The van der Waals surface area contributed by atoms with Crippen LogP contribution in [0.2, 0.25) is 0 Å². The van der Waals surface area contributed by atoms with Crippen molar-refractivity contribution in [1.82, 2.24) is 5.32 Å². The zero-order valence-electron chi connectivity index (χ0n) is 8.86. The van der Waals surface area contributed by atoms with Gasteiger partial charge in [0.05, 0.1) is 4.90 Å². The molecular weight excluding hydrogens is 214 g/mol. The average Bonchev–Trinajstić information content (AvgIpc) is 2.17. The average molecular weight is 229 g/mol. The first kappa shape index (κ1) is 12.0. The molecule has 1 rings (SSSR count). The standard InChI is InChI=1S/C10H15NO3S/c1-11-6-7-14-9-4-3-5-10(8-9)15(2,12)13/h3-5,8,11H,6-7H2,1-2H3. The monoisotopic (exact) mass is 229 g/mol. The predicted molar refractivity (Wildman–Crippen MR) is 59.0 cm³/mol. The number of sulfone groups is 1. The molecule has 0 fully saturated rings. The Hall–Kier alpha value is -1.07. The molecule has 0 aliphatic rings. The predicted octanol–water partition coefficient (Wildman–Crippen LogP) is 0.688. The maximum absolute atomic E-state index is 11.2. The van der Waals surface area contributed by atoms with E-state index in [1.165, 1.54) is 12.3 Å². The molecular formula is C10H15NO3S. The molecule has 84 valence electrons. The first-order valence-electron chi connectivity index (χ1n) is 4.61. The van der Waals surface area contributed by atoms with Crippen molar-refractivity contribution in [2.75, 3.05) is 26.5 Å². The second-order valence-corrected chi connectivity index (χ2v) is 5.21. The van der Waals surface area contributed by atoms with E-state index in [1.54, 1.807) is 18.2 Å². The summed E-state index contributed by atoms with van der Waals surface area (Å²) in [5.74, 6) is 0.577. The van der Waals surface area contributed by atoms with E-state index in [1.807, 2.05) is 7.05 Å². The van der Waals surface area contributed by atoms with Crippen LogP contribution in [0.3, 0.4) is 0 Å². The van der Waals surface area contributed by atoms with E-state index in [9.17, 15) is 8.42 Å². The van der Waals surface area contributed by atoms with Gasteiger partial charge in [-0.25, -0.2) is 8.42 Å². The number of hydrogen-bond donors (Lipinski definition) is 1. The Balaban J connectivity index is 2.75. The Bertz CT molecular complexity index is 414. The molecule has 0 aromatic heterocycles. The first-order valence-corrected chi connectivity index (χ1v) is 6.50. The van der Waals surface area contributed by atoms with E-state index >= 15 is 0 Å². The number of benzene rings is 1. The SMILES string of the molecule is CNCCOc1cccc(S(C)(=O)=O)c1. The van der Waals surface area contributed by atoms with Crippen LogP contribution in [0.25, 0.3) is 0 Å². The number of rotatable bonds is 5. The molecule has 0 bridgehead atoms. The Labute approximate surface area is 90.2 Å². The van der Waals surface area contributed by atoms with E-state index < -0.39 is 9.84 Å². The second-order valence-electron chi connectivity index (χ2n) is 3.20. The molecule has 0 amide bonds. The molecule has 0 radical (unpaired) electrons. The largest absolute Gasteiger partial charge is 0.492 e. The van der Waals surface area contributed by atoms with Crippen LogP contribution in [0.4, 0.5) is 0 Å². The Morgan fingerprint density at radius 2 is 2.13 bits per heavy atom. The van der Waals surface area contributed by atoms with Gasteiger partial charge in [0.2, 0.25) is 0 Å². The van der Waals surface area contributed by atoms with Crippen molar-refractivity contribution in [1.29, 1.82) is 0 Å². The van der Waals surface area contributed by atoms with Gasteiger partial charge in [-0.05, 0) is 25.2 Å². The highest BCUT2D eigenvalue weighted by molar-refractivity contribution is 7.90. The molecule has 0 spiro atoms. The maximum atomic E-state index is 11.2. The smallest absolute Gasteiger partial charge is 0.175 e. The summed E-state index contributed by atoms with van der Waals surface area (Å²) in [7, 11) is -1.32. The molecule has 0 atom stereocenters. The Morgan fingerprint density at radius 1 is 1.40 bits per heavy atom. The van der Waals surface area contributed by atoms with Gasteiger partial charge in [-0.1, -0.05) is 6.07 Å². The van der Waals surface area contributed by atoms with E-state index in [0.717, 1.165) is 6.54 Å². The van der Waals surface area contributed by atoms with Gasteiger partial charge in [0.15, 0.2) is 9.84 Å². The van der Waals surface area contributed by atoms with Gasteiger partial charge in [0.1, 0.15) is 12.4 Å². The summed E-state index contributed by atoms with van der Waals surface area (Å²) in [4.78, 5) is 0.282. The van der Waals surface area contributed by atoms with E-state index in [-0.39, 0.29) is 4.90 Å². The maximum Gasteiger partial charge on any atom is 0.175 e. The molecule has 5 heteroatoms. The molecule has 1 aromatic carbocycles. The zero-order valence-corrected chi connectivity index (χ0v) is 9.67. The summed E-state index contributed by atoms with van der Waals surface area (Å²) in [6, 6.07) is 6.50. The van der Waals surface area contributed by atoms with E-state index in [2.05, 4.69) is 5.32 Å². The minimum absolute atomic E-state index is 0.282. The third-order valence-corrected chi connectivity index (χ3v) is 2.96. The van der Waals surface area contributed by atoms with Crippen LogP contribution >= 0.6 is 0 Å². The summed E-state index contributed by atoms with van der Waals surface area (Å²) in [6.45, 7) is 1.24. The van der Waals surface area contributed by atoms with E-state index in [0.29, 0.717) is 12.4 Å². The molecule has 0 aliphatic carbocycles. The number of ether oxygens (including phenoxy) is 1. The van der Waals surface area contributed by atoms with Crippen LogP contribution in [-0.2, 0) is 9.84 Å². The van der Waals surface area contributed by atoms with Crippen molar-refractivity contribution in [3.63, 3.8) is 0 Å². The van der Waals surface area contributed by atoms with Crippen LogP contribution in [0.15, 0.2) is 29.2 Å². The van der Waals surface area contributed by atoms with Crippen LogP contribution in [-0.4, -0.2) is 34.9 Å². The normalized spacial score (nSPS) is 11.3. The third kappa shape index (κ3) is 3.89. The second kappa shape index (κ2) is 5.14. The fourth-order valence-electron chi connectivity index (χ4n) is 1.07. The lowest BCUT2D eigenvalue weighted by molar-refractivity contribution is 0.317. The summed E-state index contributed by atoms with van der Waals surface area (Å²) >= 11 is 0. The molecule has 0 saturated carbocycles. The van der Waals surface area contributed by atoms with E-state index in [4.69, 9.17) is 4.74 Å². The molecule has 0 aliphatic heterocycles. The van der Waals surface area contributed by atoms with Gasteiger partial charge in [0, 0.05) is 12.8 Å². The minimum atomic E-state index is -3.15. The lowest BCUT2D eigenvalue weighted by Crippen LogP contribution is -2.16. The highest BCUT2D eigenvalue weighted by Crippen LogP contribution is 2.16. The van der Waals surface area contributed by atoms with Crippen molar-refractivity contribution in [3.8, 4) is 5.75 Å². The number of likely N-dealkylation sites (N-methyl/N-ethyl adjacent to an activating group) is 1. The molecule has 0 heterocycles. The Kier molecular flexibility index (Phi) is 4.11. The third-order valence-electron chi connectivity index (χ3n) is 1.85. The summed E-state index contributed by atoms with van der Waals surface area (Å²) in [6.07, 6.45) is 1.18. The molecule has 1 N–H and O–H groups in total. The lowest BCUT2D eigenvalue weighted by Gasteiger charge is -2.06. The molecule has 1 aromatic rings. The summed E-state index contributed by atoms with van der Waals surface area (Å²) < 4.78 is 27.8. The quantitative estimate of drug-likeness (QED) is 0.755. The fraction of sp³-hybridized carbons (Fsp3) is 0.400.